The van der Waals surface area contributed by atoms with Gasteiger partial charge in [0.25, 0.3) is 0 Å². The van der Waals surface area contributed by atoms with Gasteiger partial charge in [-0.3, -0.25) is 0 Å². The van der Waals surface area contributed by atoms with Crippen LogP contribution in [0.3, 0.4) is 0 Å². The first kappa shape index (κ1) is 10.0. The zero-order valence-corrected chi connectivity index (χ0v) is 8.39. The van der Waals surface area contributed by atoms with E-state index in [0.29, 0.717) is 6.04 Å². The van der Waals surface area contributed by atoms with Gasteiger partial charge in [-0.1, -0.05) is 39.0 Å². The molecule has 0 radical (unpaired) electrons. The standard InChI is InChI=1S/C11H23N/c1-2-11(12)9-8-10-6-4-3-5-7-10/h10-11H,2-9,12H2,1H3. The third kappa shape index (κ3) is 3.57. The Bertz CT molecular complexity index is 106. The Morgan fingerprint density at radius 1 is 1.25 bits per heavy atom. The number of rotatable bonds is 4. The predicted molar refractivity (Wildman–Crippen MR) is 54.1 cm³/mol. The van der Waals surface area contributed by atoms with Crippen molar-refractivity contribution in [3.05, 3.63) is 0 Å². The second-order valence-corrected chi connectivity index (χ2v) is 4.25. The van der Waals surface area contributed by atoms with E-state index in [9.17, 15) is 0 Å². The third-order valence-corrected chi connectivity index (χ3v) is 3.19. The molecule has 1 nitrogen and oxygen atoms in total. The molecule has 1 rings (SSSR count). The van der Waals surface area contributed by atoms with Crippen LogP contribution < -0.4 is 5.73 Å². The summed E-state index contributed by atoms with van der Waals surface area (Å²) in [5, 5.41) is 0. The van der Waals surface area contributed by atoms with E-state index < -0.39 is 0 Å². The van der Waals surface area contributed by atoms with Crippen LogP contribution in [0, 0.1) is 5.92 Å². The second-order valence-electron chi connectivity index (χ2n) is 4.25. The molecule has 0 bridgehead atoms. The molecule has 12 heavy (non-hydrogen) atoms. The van der Waals surface area contributed by atoms with Gasteiger partial charge >= 0.3 is 0 Å². The van der Waals surface area contributed by atoms with Gasteiger partial charge in [-0.05, 0) is 25.2 Å². The smallest absolute Gasteiger partial charge is 0.00363 e. The number of nitrogens with two attached hydrogens (primary N) is 1. The quantitative estimate of drug-likeness (QED) is 0.687. The Hall–Kier alpha value is -0.0400. The lowest BCUT2D eigenvalue weighted by Crippen LogP contribution is -2.20. The molecule has 0 amide bonds. The first-order valence-corrected chi connectivity index (χ1v) is 5.58. The maximum atomic E-state index is 5.89. The van der Waals surface area contributed by atoms with Crippen molar-refractivity contribution in [2.45, 2.75) is 64.3 Å². The molecule has 1 aliphatic carbocycles. The summed E-state index contributed by atoms with van der Waals surface area (Å²) in [4.78, 5) is 0. The molecule has 1 saturated carbocycles. The van der Waals surface area contributed by atoms with E-state index in [4.69, 9.17) is 5.73 Å². The Morgan fingerprint density at radius 2 is 1.92 bits per heavy atom. The van der Waals surface area contributed by atoms with E-state index in [1.165, 1.54) is 44.9 Å². The highest BCUT2D eigenvalue weighted by atomic mass is 14.6. The summed E-state index contributed by atoms with van der Waals surface area (Å²) in [5.74, 6) is 1.01. The van der Waals surface area contributed by atoms with Crippen LogP contribution in [-0.2, 0) is 0 Å². The van der Waals surface area contributed by atoms with E-state index in [1.54, 1.807) is 0 Å². The van der Waals surface area contributed by atoms with Crippen LogP contribution in [0.15, 0.2) is 0 Å². The minimum absolute atomic E-state index is 0.465. The molecule has 0 saturated heterocycles. The summed E-state index contributed by atoms with van der Waals surface area (Å²) < 4.78 is 0. The fourth-order valence-electron chi connectivity index (χ4n) is 2.13. The van der Waals surface area contributed by atoms with E-state index in [0.717, 1.165) is 12.3 Å². The van der Waals surface area contributed by atoms with Gasteiger partial charge in [0.05, 0.1) is 0 Å². The Balaban J connectivity index is 2.05. The van der Waals surface area contributed by atoms with Crippen molar-refractivity contribution in [1.82, 2.24) is 0 Å². The predicted octanol–water partition coefficient (Wildman–Crippen LogP) is 3.08. The van der Waals surface area contributed by atoms with Gasteiger partial charge in [0.2, 0.25) is 0 Å². The zero-order chi connectivity index (χ0) is 8.81. The van der Waals surface area contributed by atoms with E-state index in [-0.39, 0.29) is 0 Å². The van der Waals surface area contributed by atoms with E-state index in [2.05, 4.69) is 6.92 Å². The molecule has 1 aliphatic rings. The fourth-order valence-corrected chi connectivity index (χ4v) is 2.13. The van der Waals surface area contributed by atoms with E-state index >= 15 is 0 Å². The average Bonchev–Trinajstić information content (AvgIpc) is 2.16. The molecule has 1 unspecified atom stereocenters. The SMILES string of the molecule is CCC(N)CCC1CCCCC1. The van der Waals surface area contributed by atoms with Crippen molar-refractivity contribution in [2.75, 3.05) is 0 Å². The molecule has 1 fully saturated rings. The van der Waals surface area contributed by atoms with Crippen LogP contribution in [0.5, 0.6) is 0 Å². The van der Waals surface area contributed by atoms with Gasteiger partial charge in [-0.25, -0.2) is 0 Å². The molecule has 0 aliphatic heterocycles. The lowest BCUT2D eigenvalue weighted by Gasteiger charge is -2.22. The average molecular weight is 169 g/mol. The van der Waals surface area contributed by atoms with Crippen LogP contribution in [0.1, 0.15) is 58.3 Å². The normalized spacial score (nSPS) is 22.5. The van der Waals surface area contributed by atoms with Crippen molar-refractivity contribution >= 4 is 0 Å². The molecule has 0 heterocycles. The molecule has 1 atom stereocenters. The zero-order valence-electron chi connectivity index (χ0n) is 8.39. The van der Waals surface area contributed by atoms with Gasteiger partial charge in [-0.2, -0.15) is 0 Å². The summed E-state index contributed by atoms with van der Waals surface area (Å²) >= 11 is 0. The van der Waals surface area contributed by atoms with Crippen LogP contribution in [0.2, 0.25) is 0 Å². The van der Waals surface area contributed by atoms with Crippen molar-refractivity contribution in [3.8, 4) is 0 Å². The molecule has 72 valence electrons. The summed E-state index contributed by atoms with van der Waals surface area (Å²) in [6, 6.07) is 0.465. The number of hydrogen-bond acceptors (Lipinski definition) is 1. The van der Waals surface area contributed by atoms with Crippen LogP contribution >= 0.6 is 0 Å². The first-order chi connectivity index (χ1) is 5.83. The second kappa shape index (κ2) is 5.58. The van der Waals surface area contributed by atoms with Crippen molar-refractivity contribution in [1.29, 1.82) is 0 Å². The molecular formula is C11H23N. The molecular weight excluding hydrogens is 146 g/mol. The topological polar surface area (TPSA) is 26.0 Å². The van der Waals surface area contributed by atoms with Crippen LogP contribution in [-0.4, -0.2) is 6.04 Å². The van der Waals surface area contributed by atoms with Gasteiger partial charge in [0.1, 0.15) is 0 Å². The first-order valence-electron chi connectivity index (χ1n) is 5.58. The molecule has 2 N–H and O–H groups in total. The Morgan fingerprint density at radius 3 is 2.50 bits per heavy atom. The number of hydrogen-bond donors (Lipinski definition) is 1. The summed E-state index contributed by atoms with van der Waals surface area (Å²) in [6.45, 7) is 2.19. The molecule has 0 aromatic carbocycles. The third-order valence-electron chi connectivity index (χ3n) is 3.19. The monoisotopic (exact) mass is 169 g/mol. The Kier molecular flexibility index (Phi) is 4.67. The Labute approximate surface area is 76.7 Å². The van der Waals surface area contributed by atoms with Gasteiger partial charge in [-0.15, -0.1) is 0 Å². The molecule has 1 heteroatoms. The van der Waals surface area contributed by atoms with Crippen molar-refractivity contribution < 1.29 is 0 Å². The van der Waals surface area contributed by atoms with Crippen LogP contribution in [0.25, 0.3) is 0 Å². The molecule has 0 aromatic rings. The minimum Gasteiger partial charge on any atom is -0.328 e. The van der Waals surface area contributed by atoms with Gasteiger partial charge < -0.3 is 5.73 Å². The summed E-state index contributed by atoms with van der Waals surface area (Å²) in [6.07, 6.45) is 11.1. The highest BCUT2D eigenvalue weighted by Crippen LogP contribution is 2.27. The van der Waals surface area contributed by atoms with Crippen molar-refractivity contribution in [3.63, 3.8) is 0 Å². The maximum absolute atomic E-state index is 5.89. The largest absolute Gasteiger partial charge is 0.328 e. The van der Waals surface area contributed by atoms with Gasteiger partial charge in [0, 0.05) is 6.04 Å². The highest BCUT2D eigenvalue weighted by molar-refractivity contribution is 4.68. The minimum atomic E-state index is 0.465. The summed E-state index contributed by atoms with van der Waals surface area (Å²) in [7, 11) is 0. The fraction of sp³-hybridized carbons (Fsp3) is 1.00. The maximum Gasteiger partial charge on any atom is 0.00363 e. The van der Waals surface area contributed by atoms with Gasteiger partial charge in [0.15, 0.2) is 0 Å². The lowest BCUT2D eigenvalue weighted by molar-refractivity contribution is 0.322. The lowest BCUT2D eigenvalue weighted by atomic mass is 9.85. The van der Waals surface area contributed by atoms with E-state index in [1.807, 2.05) is 0 Å². The molecule has 0 spiro atoms. The summed E-state index contributed by atoms with van der Waals surface area (Å²) in [5.41, 5.74) is 5.89. The van der Waals surface area contributed by atoms with Crippen LogP contribution in [0.4, 0.5) is 0 Å². The van der Waals surface area contributed by atoms with Crippen molar-refractivity contribution in [2.24, 2.45) is 11.7 Å². The molecule has 0 aromatic heterocycles. The highest BCUT2D eigenvalue weighted by Gasteiger charge is 2.13.